The molecule has 0 amide bonds. The van der Waals surface area contributed by atoms with Gasteiger partial charge in [0.2, 0.25) is 0 Å². The zero-order valence-electron chi connectivity index (χ0n) is 11.9. The largest absolute Gasteiger partial charge is 0.507 e. The molecule has 0 spiro atoms. The Kier molecular flexibility index (Phi) is 5.21. The van der Waals surface area contributed by atoms with Crippen molar-refractivity contribution in [2.75, 3.05) is 0 Å². The van der Waals surface area contributed by atoms with Crippen LogP contribution in [0.5, 0.6) is 5.75 Å². The molecule has 0 aliphatic heterocycles. The molecule has 2 nitrogen and oxygen atoms in total. The van der Waals surface area contributed by atoms with Crippen molar-refractivity contribution >= 4 is 15.9 Å². The average Bonchev–Trinajstić information content (AvgIpc) is 2.43. The number of aryl methyl sites for hydroxylation is 1. The van der Waals surface area contributed by atoms with Crippen LogP contribution in [-0.4, -0.2) is 11.1 Å². The Bertz CT molecular complexity index is 583. The van der Waals surface area contributed by atoms with Crippen molar-refractivity contribution in [3.63, 3.8) is 0 Å². The van der Waals surface area contributed by atoms with E-state index in [0.29, 0.717) is 6.04 Å². The van der Waals surface area contributed by atoms with Gasteiger partial charge in [-0.1, -0.05) is 30.3 Å². The highest BCUT2D eigenvalue weighted by Crippen LogP contribution is 2.24. The first-order chi connectivity index (χ1) is 9.56. The van der Waals surface area contributed by atoms with Gasteiger partial charge in [-0.3, -0.25) is 0 Å². The highest BCUT2D eigenvalue weighted by Gasteiger charge is 2.06. The molecular weight excluding hydrogens is 314 g/mol. The molecule has 2 N–H and O–H groups in total. The van der Waals surface area contributed by atoms with Gasteiger partial charge in [0.15, 0.2) is 0 Å². The van der Waals surface area contributed by atoms with Gasteiger partial charge < -0.3 is 10.4 Å². The third-order valence-electron chi connectivity index (χ3n) is 3.45. The third kappa shape index (κ3) is 4.09. The van der Waals surface area contributed by atoms with Crippen LogP contribution in [-0.2, 0) is 13.0 Å². The topological polar surface area (TPSA) is 32.3 Å². The van der Waals surface area contributed by atoms with Gasteiger partial charge in [-0.05, 0) is 65.0 Å². The Hall–Kier alpha value is -1.32. The molecule has 0 aliphatic carbocycles. The third-order valence-corrected chi connectivity index (χ3v) is 4.09. The lowest BCUT2D eigenvalue weighted by Crippen LogP contribution is -2.27. The minimum Gasteiger partial charge on any atom is -0.507 e. The maximum Gasteiger partial charge on any atom is 0.129 e. The maximum atomic E-state index is 9.48. The zero-order valence-corrected chi connectivity index (χ0v) is 13.4. The van der Waals surface area contributed by atoms with E-state index in [-0.39, 0.29) is 5.75 Å². The number of halogens is 1. The summed E-state index contributed by atoms with van der Waals surface area (Å²) in [5.74, 6) is 0.279. The second-order valence-electron chi connectivity index (χ2n) is 5.20. The molecule has 0 saturated carbocycles. The van der Waals surface area contributed by atoms with Crippen molar-refractivity contribution in [3.8, 4) is 5.75 Å². The number of rotatable bonds is 5. The average molecular weight is 334 g/mol. The Morgan fingerprint density at radius 1 is 1.20 bits per heavy atom. The molecule has 106 valence electrons. The predicted octanol–water partition coefficient (Wildman–Crippen LogP) is 4.18. The first-order valence-corrected chi connectivity index (χ1v) is 7.61. The van der Waals surface area contributed by atoms with Gasteiger partial charge in [0.25, 0.3) is 0 Å². The van der Waals surface area contributed by atoms with Crippen LogP contribution in [0.25, 0.3) is 0 Å². The molecule has 1 unspecified atom stereocenters. The predicted molar refractivity (Wildman–Crippen MR) is 87.0 cm³/mol. The molecule has 0 radical (unpaired) electrons. The summed E-state index contributed by atoms with van der Waals surface area (Å²) in [6.45, 7) is 5.15. The molecule has 20 heavy (non-hydrogen) atoms. The van der Waals surface area contributed by atoms with Gasteiger partial charge in [0, 0.05) is 12.6 Å². The summed E-state index contributed by atoms with van der Waals surface area (Å²) < 4.78 is 0.739. The van der Waals surface area contributed by atoms with E-state index in [0.717, 1.165) is 23.0 Å². The molecule has 1 atom stereocenters. The second kappa shape index (κ2) is 6.91. The van der Waals surface area contributed by atoms with E-state index < -0.39 is 0 Å². The maximum absolute atomic E-state index is 9.48. The summed E-state index contributed by atoms with van der Waals surface area (Å²) in [7, 11) is 0. The fourth-order valence-corrected chi connectivity index (χ4v) is 2.62. The number of benzene rings is 2. The summed E-state index contributed by atoms with van der Waals surface area (Å²) in [4.78, 5) is 0. The highest BCUT2D eigenvalue weighted by atomic mass is 79.9. The molecule has 0 aliphatic rings. The van der Waals surface area contributed by atoms with Crippen molar-refractivity contribution < 1.29 is 5.11 Å². The van der Waals surface area contributed by atoms with Crippen LogP contribution < -0.4 is 5.32 Å². The molecule has 3 heteroatoms. The van der Waals surface area contributed by atoms with Crippen molar-refractivity contribution in [2.45, 2.75) is 32.9 Å². The molecule has 2 aromatic carbocycles. The summed E-state index contributed by atoms with van der Waals surface area (Å²) in [6, 6.07) is 14.5. The molecule has 2 rings (SSSR count). The molecule has 0 heterocycles. The minimum atomic E-state index is 0.279. The summed E-state index contributed by atoms with van der Waals surface area (Å²) in [5.41, 5.74) is 3.89. The molecule has 2 aromatic rings. The van der Waals surface area contributed by atoms with Crippen molar-refractivity contribution in [2.24, 2.45) is 0 Å². The number of hydrogen-bond donors (Lipinski definition) is 2. The van der Waals surface area contributed by atoms with E-state index >= 15 is 0 Å². The standard InChI is InChI=1S/C17H20BrNO/c1-12-5-3-4-6-15(12)9-13(2)19-11-14-7-8-17(20)16(18)10-14/h3-8,10,13,19-20H,9,11H2,1-2H3. The first kappa shape index (κ1) is 15.1. The first-order valence-electron chi connectivity index (χ1n) is 6.81. The smallest absolute Gasteiger partial charge is 0.129 e. The van der Waals surface area contributed by atoms with Gasteiger partial charge in [-0.25, -0.2) is 0 Å². The number of nitrogens with one attached hydrogen (secondary N) is 1. The van der Waals surface area contributed by atoms with Crippen LogP contribution in [0.2, 0.25) is 0 Å². The summed E-state index contributed by atoms with van der Waals surface area (Å²) >= 11 is 3.34. The Morgan fingerprint density at radius 3 is 2.65 bits per heavy atom. The summed E-state index contributed by atoms with van der Waals surface area (Å²) in [6.07, 6.45) is 1.02. The fraction of sp³-hybridized carbons (Fsp3) is 0.294. The monoisotopic (exact) mass is 333 g/mol. The van der Waals surface area contributed by atoms with Crippen LogP contribution in [0.15, 0.2) is 46.9 Å². The van der Waals surface area contributed by atoms with E-state index in [9.17, 15) is 5.11 Å². The van der Waals surface area contributed by atoms with Gasteiger partial charge in [0.1, 0.15) is 5.75 Å². The lowest BCUT2D eigenvalue weighted by Gasteiger charge is -2.15. The highest BCUT2D eigenvalue weighted by molar-refractivity contribution is 9.10. The quantitative estimate of drug-likeness (QED) is 0.860. The second-order valence-corrected chi connectivity index (χ2v) is 6.05. The van der Waals surface area contributed by atoms with Gasteiger partial charge in [-0.2, -0.15) is 0 Å². The van der Waals surface area contributed by atoms with E-state index in [1.807, 2.05) is 12.1 Å². The number of aromatic hydroxyl groups is 1. The lowest BCUT2D eigenvalue weighted by atomic mass is 10.0. The molecule has 0 bridgehead atoms. The number of phenols is 1. The molecular formula is C17H20BrNO. The van der Waals surface area contributed by atoms with Crippen LogP contribution in [0.4, 0.5) is 0 Å². The minimum absolute atomic E-state index is 0.279. The Morgan fingerprint density at radius 2 is 1.95 bits per heavy atom. The van der Waals surface area contributed by atoms with Crippen molar-refractivity contribution in [1.82, 2.24) is 5.32 Å². The van der Waals surface area contributed by atoms with Crippen molar-refractivity contribution in [1.29, 1.82) is 0 Å². The van der Waals surface area contributed by atoms with Gasteiger partial charge in [0.05, 0.1) is 4.47 Å². The number of hydrogen-bond acceptors (Lipinski definition) is 2. The fourth-order valence-electron chi connectivity index (χ4n) is 2.19. The van der Waals surface area contributed by atoms with E-state index in [4.69, 9.17) is 0 Å². The normalized spacial score (nSPS) is 12.3. The van der Waals surface area contributed by atoms with Crippen LogP contribution in [0, 0.1) is 6.92 Å². The van der Waals surface area contributed by atoms with Crippen LogP contribution >= 0.6 is 15.9 Å². The van der Waals surface area contributed by atoms with Gasteiger partial charge >= 0.3 is 0 Å². The van der Waals surface area contributed by atoms with Crippen molar-refractivity contribution in [3.05, 3.63) is 63.6 Å². The lowest BCUT2D eigenvalue weighted by molar-refractivity contribution is 0.471. The number of phenolic OH excluding ortho intramolecular Hbond substituents is 1. The van der Waals surface area contributed by atoms with Crippen LogP contribution in [0.3, 0.4) is 0 Å². The van der Waals surface area contributed by atoms with E-state index in [2.05, 4.69) is 59.4 Å². The SMILES string of the molecule is Cc1ccccc1CC(C)NCc1ccc(O)c(Br)c1. The van der Waals surface area contributed by atoms with E-state index in [1.54, 1.807) is 6.07 Å². The molecule has 0 saturated heterocycles. The Balaban J connectivity index is 1.90. The van der Waals surface area contributed by atoms with E-state index in [1.165, 1.54) is 11.1 Å². The molecule has 0 fully saturated rings. The Labute approximate surface area is 129 Å². The zero-order chi connectivity index (χ0) is 14.5. The van der Waals surface area contributed by atoms with Gasteiger partial charge in [-0.15, -0.1) is 0 Å². The molecule has 0 aromatic heterocycles. The summed E-state index contributed by atoms with van der Waals surface area (Å²) in [5, 5.41) is 13.0. The van der Waals surface area contributed by atoms with Crippen LogP contribution in [0.1, 0.15) is 23.6 Å².